The van der Waals surface area contributed by atoms with E-state index in [0.29, 0.717) is 6.42 Å². The molecule has 0 heterocycles. The Morgan fingerprint density at radius 3 is 1.08 bits per heavy atom. The first kappa shape index (κ1) is 67.4. The van der Waals surface area contributed by atoms with E-state index in [4.69, 9.17) is 15.9 Å². The lowest BCUT2D eigenvalue weighted by Gasteiger charge is -2.28. The minimum absolute atomic E-state index is 0.0581. The second kappa shape index (κ2) is 34.0. The monoisotopic (exact) mass is 1080 g/mol. The molecule has 9 amide bonds. The third-order valence-corrected chi connectivity index (χ3v) is 10.9. The van der Waals surface area contributed by atoms with Gasteiger partial charge in [-0.25, -0.2) is 4.79 Å². The van der Waals surface area contributed by atoms with Gasteiger partial charge in [0.2, 0.25) is 53.2 Å². The number of hydrogen-bond donors (Lipinski definition) is 18. The predicted molar refractivity (Wildman–Crippen MR) is 252 cm³/mol. The molecule has 32 heteroatoms. The van der Waals surface area contributed by atoms with E-state index < -0.39 is 214 Å². The van der Waals surface area contributed by atoms with Crippen molar-refractivity contribution < 1.29 is 108 Å². The molecule has 0 aliphatic heterocycles. The van der Waals surface area contributed by atoms with E-state index in [2.05, 4.69) is 21.3 Å². The summed E-state index contributed by atoms with van der Waals surface area (Å²) in [4.78, 5) is 176. The third kappa shape index (κ3) is 25.8. The molecule has 0 aromatic carbocycles. The van der Waals surface area contributed by atoms with E-state index in [-0.39, 0.29) is 12.3 Å². The van der Waals surface area contributed by atoms with Crippen LogP contribution in [0, 0.1) is 11.8 Å². The topological polar surface area (TPSA) is 535 Å². The Labute approximate surface area is 428 Å². The van der Waals surface area contributed by atoms with E-state index in [1.165, 1.54) is 6.92 Å². The zero-order valence-corrected chi connectivity index (χ0v) is 41.8. The van der Waals surface area contributed by atoms with Crippen LogP contribution in [0.25, 0.3) is 0 Å². The second-order valence-electron chi connectivity index (χ2n) is 17.5. The fourth-order valence-electron chi connectivity index (χ4n) is 6.44. The maximum atomic E-state index is 13.6. The van der Waals surface area contributed by atoms with E-state index >= 15 is 0 Å². The minimum atomic E-state index is -2.17. The number of nitrogens with one attached hydrogen (secondary N) is 9. The molecule has 0 saturated heterocycles. The molecule has 0 aliphatic carbocycles. The van der Waals surface area contributed by atoms with Crippen molar-refractivity contribution in [2.24, 2.45) is 17.6 Å². The molecule has 0 aromatic heterocycles. The standard InChI is InChI=1S/C43H70N10O22/c1-6-19(4)33(53-34(65)20(5)45-35(66)21(44)13-18(2)3)42(73)47-23(8-11-30(59)60)37(68)50-27(16-55)40(71)52-28(17-56)41(72)51-26(15-54)39(70)49-25(14-32(63)64)38(69)46-22(7-10-29(57)58)36(67)48-24(43(74)75)9-12-31(61)62/h18-28,33,54-56H,6-17,44H2,1-5H3,(H,45,66)(H,46,69)(H,47,73)(H,48,67)(H,49,70)(H,50,68)(H,51,72)(H,52,71)(H,53,65)(H,57,58)(H,59,60)(H,61,62)(H,63,64)(H,74,75)/t19-,20-,21-,22-,23-,24-,25-,26-,27-,28-,33-/m0/s1. The zero-order chi connectivity index (χ0) is 57.9. The van der Waals surface area contributed by atoms with Gasteiger partial charge in [-0.2, -0.15) is 0 Å². The molecule has 0 aromatic rings. The number of hydrogen-bond acceptors (Lipinski definition) is 18. The molecule has 0 radical (unpaired) electrons. The first-order valence-electron chi connectivity index (χ1n) is 23.3. The maximum absolute atomic E-state index is 13.6. The highest BCUT2D eigenvalue weighted by molar-refractivity contribution is 5.99. The van der Waals surface area contributed by atoms with Gasteiger partial charge in [0.05, 0.1) is 32.3 Å². The molecule has 0 unspecified atom stereocenters. The van der Waals surface area contributed by atoms with Gasteiger partial charge < -0.3 is 94.4 Å². The first-order valence-corrected chi connectivity index (χ1v) is 23.3. The molecule has 0 saturated carbocycles. The number of amides is 9. The Kier molecular flexibility index (Phi) is 30.6. The molecule has 0 rings (SSSR count). The Bertz CT molecular complexity index is 2060. The number of carbonyl (C=O) groups is 14. The van der Waals surface area contributed by atoms with Gasteiger partial charge in [-0.3, -0.25) is 62.3 Å². The molecule has 0 fully saturated rings. The largest absolute Gasteiger partial charge is 0.481 e. The number of carbonyl (C=O) groups excluding carboxylic acids is 9. The lowest BCUT2D eigenvalue weighted by Crippen LogP contribution is -2.62. The summed E-state index contributed by atoms with van der Waals surface area (Å²) in [5.41, 5.74) is 5.90. The SMILES string of the molecule is CC[C@H](C)[C@H](NC(=O)[C@H](C)NC(=O)[C@@H](N)CC(C)C)C(=O)N[C@@H](CCC(=O)O)C(=O)N[C@@H](CO)C(=O)N[C@@H](CO)C(=O)N[C@@H](CO)C(=O)N[C@@H](CC(=O)O)C(=O)N[C@@H](CCC(=O)O)C(=O)N[C@@H](CCC(=O)O)C(=O)O. The van der Waals surface area contributed by atoms with Crippen LogP contribution in [0.3, 0.4) is 0 Å². The van der Waals surface area contributed by atoms with Crippen molar-refractivity contribution in [2.75, 3.05) is 19.8 Å². The molecule has 0 spiro atoms. The fraction of sp³-hybridized carbons (Fsp3) is 0.674. The molecule has 11 atom stereocenters. The Morgan fingerprint density at radius 2 is 0.733 bits per heavy atom. The van der Waals surface area contributed by atoms with Gasteiger partial charge in [0, 0.05) is 19.3 Å². The summed E-state index contributed by atoms with van der Waals surface area (Å²) >= 11 is 0. The number of carboxylic acids is 5. The van der Waals surface area contributed by atoms with Crippen molar-refractivity contribution in [2.45, 2.75) is 153 Å². The lowest BCUT2D eigenvalue weighted by atomic mass is 9.97. The Balaban J connectivity index is 6.24. The first-order chi connectivity index (χ1) is 34.9. The number of nitrogens with two attached hydrogens (primary N) is 1. The molecule has 19 N–H and O–H groups in total. The van der Waals surface area contributed by atoms with Gasteiger partial charge in [-0.1, -0.05) is 34.1 Å². The van der Waals surface area contributed by atoms with Crippen molar-refractivity contribution >= 4 is 83.0 Å². The van der Waals surface area contributed by atoms with Crippen LogP contribution >= 0.6 is 0 Å². The van der Waals surface area contributed by atoms with E-state index in [1.54, 1.807) is 13.8 Å². The summed E-state index contributed by atoms with van der Waals surface area (Å²) in [6.45, 7) is 4.41. The van der Waals surface area contributed by atoms with Crippen molar-refractivity contribution in [1.82, 2.24) is 47.9 Å². The normalized spacial score (nSPS) is 15.4. The van der Waals surface area contributed by atoms with E-state index in [1.807, 2.05) is 40.4 Å². The van der Waals surface area contributed by atoms with E-state index in [9.17, 15) is 97.8 Å². The van der Waals surface area contributed by atoms with Crippen molar-refractivity contribution in [3.8, 4) is 0 Å². The summed E-state index contributed by atoms with van der Waals surface area (Å²) in [5.74, 6) is -19.3. The highest BCUT2D eigenvalue weighted by atomic mass is 16.4. The summed E-state index contributed by atoms with van der Waals surface area (Å²) in [5, 5.41) is 95.3. The van der Waals surface area contributed by atoms with Crippen LogP contribution in [0.4, 0.5) is 0 Å². The number of rotatable bonds is 37. The van der Waals surface area contributed by atoms with Gasteiger partial charge in [0.1, 0.15) is 54.4 Å². The highest BCUT2D eigenvalue weighted by Gasteiger charge is 2.36. The van der Waals surface area contributed by atoms with Crippen LogP contribution in [-0.4, -0.2) is 204 Å². The van der Waals surface area contributed by atoms with E-state index in [0.717, 1.165) is 0 Å². The molecule has 0 aliphatic rings. The molecule has 32 nitrogen and oxygen atoms in total. The summed E-state index contributed by atoms with van der Waals surface area (Å²) < 4.78 is 0. The van der Waals surface area contributed by atoms with Crippen molar-refractivity contribution in [1.29, 1.82) is 0 Å². The number of carboxylic acid groups (broad SMARTS) is 5. The molecule has 0 bridgehead atoms. The average Bonchev–Trinajstić information content (AvgIpc) is 3.32. The summed E-state index contributed by atoms with van der Waals surface area (Å²) in [6.07, 6.45) is -4.98. The molecule has 75 heavy (non-hydrogen) atoms. The van der Waals surface area contributed by atoms with Gasteiger partial charge in [-0.05, 0) is 44.4 Å². The number of aliphatic carboxylic acids is 5. The zero-order valence-electron chi connectivity index (χ0n) is 41.8. The van der Waals surface area contributed by atoms with Crippen molar-refractivity contribution in [3.05, 3.63) is 0 Å². The average molecular weight is 1080 g/mol. The van der Waals surface area contributed by atoms with Crippen LogP contribution in [0.2, 0.25) is 0 Å². The minimum Gasteiger partial charge on any atom is -0.481 e. The Morgan fingerprint density at radius 1 is 0.400 bits per heavy atom. The second-order valence-corrected chi connectivity index (χ2v) is 17.5. The van der Waals surface area contributed by atoms with Crippen LogP contribution in [0.15, 0.2) is 0 Å². The summed E-state index contributed by atoms with van der Waals surface area (Å²) in [6, 6.07) is -17.4. The van der Waals surface area contributed by atoms with Gasteiger partial charge in [-0.15, -0.1) is 0 Å². The van der Waals surface area contributed by atoms with Crippen LogP contribution in [0.5, 0.6) is 0 Å². The lowest BCUT2D eigenvalue weighted by molar-refractivity contribution is -0.145. The van der Waals surface area contributed by atoms with Crippen molar-refractivity contribution in [3.63, 3.8) is 0 Å². The van der Waals surface area contributed by atoms with Gasteiger partial charge >= 0.3 is 29.8 Å². The van der Waals surface area contributed by atoms with Gasteiger partial charge in [0.15, 0.2) is 0 Å². The molecular formula is C43H70N10O22. The fourth-order valence-corrected chi connectivity index (χ4v) is 6.44. The maximum Gasteiger partial charge on any atom is 0.326 e. The van der Waals surface area contributed by atoms with Crippen LogP contribution in [-0.2, 0) is 67.1 Å². The van der Waals surface area contributed by atoms with Crippen LogP contribution in [0.1, 0.15) is 92.4 Å². The molecular weight excluding hydrogens is 1010 g/mol. The predicted octanol–water partition coefficient (Wildman–Crippen LogP) is -7.08. The third-order valence-electron chi connectivity index (χ3n) is 10.9. The van der Waals surface area contributed by atoms with Gasteiger partial charge in [0.25, 0.3) is 0 Å². The summed E-state index contributed by atoms with van der Waals surface area (Å²) in [7, 11) is 0. The molecule has 424 valence electrons. The smallest absolute Gasteiger partial charge is 0.326 e. The number of aliphatic hydroxyl groups is 3. The van der Waals surface area contributed by atoms with Crippen LogP contribution < -0.4 is 53.6 Å². The number of aliphatic hydroxyl groups excluding tert-OH is 3. The Hall–Kier alpha value is -7.58. The quantitative estimate of drug-likeness (QED) is 0.0275. The highest BCUT2D eigenvalue weighted by Crippen LogP contribution is 2.11.